The number of alkyl halides is 1. The molecule has 1 aliphatic carbocycles. The summed E-state index contributed by atoms with van der Waals surface area (Å²) in [6, 6.07) is 0. The Morgan fingerprint density at radius 2 is 1.86 bits per heavy atom. The van der Waals surface area contributed by atoms with Crippen LogP contribution in [0.3, 0.4) is 0 Å². The topological polar surface area (TPSA) is 3.24 Å². The summed E-state index contributed by atoms with van der Waals surface area (Å²) in [5, 5.41) is 0. The van der Waals surface area contributed by atoms with Crippen molar-refractivity contribution in [2.24, 2.45) is 11.8 Å². The minimum absolute atomic E-state index is 0.849. The molecule has 1 atom stereocenters. The van der Waals surface area contributed by atoms with Crippen molar-refractivity contribution in [3.05, 3.63) is 0 Å². The predicted molar refractivity (Wildman–Crippen MR) is 61.8 cm³/mol. The maximum atomic E-state index is 5.81. The van der Waals surface area contributed by atoms with Crippen molar-refractivity contribution in [3.8, 4) is 0 Å². The van der Waals surface area contributed by atoms with Crippen molar-refractivity contribution in [2.75, 3.05) is 25.5 Å². The summed E-state index contributed by atoms with van der Waals surface area (Å²) in [4.78, 5) is 2.69. The summed E-state index contributed by atoms with van der Waals surface area (Å²) in [7, 11) is 0. The molecule has 2 heteroatoms. The number of hydrogen-bond donors (Lipinski definition) is 0. The van der Waals surface area contributed by atoms with E-state index in [4.69, 9.17) is 11.6 Å². The number of piperidine rings is 1. The van der Waals surface area contributed by atoms with E-state index >= 15 is 0 Å². The largest absolute Gasteiger partial charge is 0.303 e. The Morgan fingerprint density at radius 1 is 1.07 bits per heavy atom. The molecule has 14 heavy (non-hydrogen) atoms. The molecule has 0 N–H and O–H groups in total. The summed E-state index contributed by atoms with van der Waals surface area (Å²) in [5.74, 6) is 2.77. The van der Waals surface area contributed by atoms with E-state index in [2.05, 4.69) is 4.90 Å². The van der Waals surface area contributed by atoms with E-state index in [1.165, 1.54) is 58.2 Å². The van der Waals surface area contributed by atoms with E-state index in [1.54, 1.807) is 0 Å². The van der Waals surface area contributed by atoms with Crippen LogP contribution in [0.4, 0.5) is 0 Å². The average Bonchev–Trinajstić information content (AvgIpc) is 2.13. The highest BCUT2D eigenvalue weighted by atomic mass is 35.5. The zero-order chi connectivity index (χ0) is 9.80. The Hall–Kier alpha value is 0.250. The smallest absolute Gasteiger partial charge is 0.0226 e. The molecular formula is C12H22ClN. The van der Waals surface area contributed by atoms with Crippen LogP contribution in [0.15, 0.2) is 0 Å². The van der Waals surface area contributed by atoms with Crippen molar-refractivity contribution in [1.82, 2.24) is 4.90 Å². The summed E-state index contributed by atoms with van der Waals surface area (Å²) in [5.41, 5.74) is 0. The van der Waals surface area contributed by atoms with Gasteiger partial charge in [0.1, 0.15) is 0 Å². The van der Waals surface area contributed by atoms with Crippen LogP contribution in [0.25, 0.3) is 0 Å². The highest BCUT2D eigenvalue weighted by Crippen LogP contribution is 2.29. The standard InChI is InChI=1S/C12H22ClN/c13-7-6-12-5-2-8-14(10-12)9-11-3-1-4-11/h11-12H,1-10H2. The number of halogens is 1. The van der Waals surface area contributed by atoms with Crippen LogP contribution in [0, 0.1) is 11.8 Å². The van der Waals surface area contributed by atoms with Crippen molar-refractivity contribution < 1.29 is 0 Å². The number of nitrogens with zero attached hydrogens (tertiary/aromatic N) is 1. The van der Waals surface area contributed by atoms with E-state index in [0.717, 1.165) is 17.7 Å². The summed E-state index contributed by atoms with van der Waals surface area (Å²) in [6.07, 6.45) is 8.47. The van der Waals surface area contributed by atoms with E-state index in [1.807, 2.05) is 0 Å². The number of likely N-dealkylation sites (tertiary alicyclic amines) is 1. The quantitative estimate of drug-likeness (QED) is 0.652. The Morgan fingerprint density at radius 3 is 2.50 bits per heavy atom. The number of rotatable bonds is 4. The SMILES string of the molecule is ClCCC1CCCN(CC2CCC2)C1. The van der Waals surface area contributed by atoms with Gasteiger partial charge in [-0.2, -0.15) is 0 Å². The number of hydrogen-bond acceptors (Lipinski definition) is 1. The van der Waals surface area contributed by atoms with Gasteiger partial charge in [0, 0.05) is 19.0 Å². The summed E-state index contributed by atoms with van der Waals surface area (Å²) in [6.45, 7) is 4.04. The van der Waals surface area contributed by atoms with Crippen LogP contribution in [-0.2, 0) is 0 Å². The minimum Gasteiger partial charge on any atom is -0.303 e. The second kappa shape index (κ2) is 5.37. The first-order valence-corrected chi connectivity index (χ1v) is 6.70. The van der Waals surface area contributed by atoms with Crippen LogP contribution < -0.4 is 0 Å². The third-order valence-corrected chi connectivity index (χ3v) is 4.08. The van der Waals surface area contributed by atoms with Crippen LogP contribution in [0.1, 0.15) is 38.5 Å². The molecule has 0 radical (unpaired) electrons. The maximum Gasteiger partial charge on any atom is 0.0226 e. The van der Waals surface area contributed by atoms with Gasteiger partial charge in [-0.15, -0.1) is 11.6 Å². The lowest BCUT2D eigenvalue weighted by Gasteiger charge is -2.37. The van der Waals surface area contributed by atoms with Crippen molar-refractivity contribution >= 4 is 11.6 Å². The fourth-order valence-electron chi connectivity index (χ4n) is 2.75. The van der Waals surface area contributed by atoms with Gasteiger partial charge in [-0.05, 0) is 50.5 Å². The van der Waals surface area contributed by atoms with Crippen LogP contribution in [-0.4, -0.2) is 30.4 Å². The summed E-state index contributed by atoms with van der Waals surface area (Å²) >= 11 is 5.81. The van der Waals surface area contributed by atoms with E-state index in [9.17, 15) is 0 Å². The molecule has 0 aromatic heterocycles. The molecule has 82 valence electrons. The van der Waals surface area contributed by atoms with Gasteiger partial charge >= 0.3 is 0 Å². The molecule has 1 nitrogen and oxygen atoms in total. The molecule has 0 aromatic carbocycles. The van der Waals surface area contributed by atoms with Crippen LogP contribution >= 0.6 is 11.6 Å². The lowest BCUT2D eigenvalue weighted by Crippen LogP contribution is -2.40. The van der Waals surface area contributed by atoms with Crippen molar-refractivity contribution in [1.29, 1.82) is 0 Å². The molecule has 1 saturated carbocycles. The van der Waals surface area contributed by atoms with E-state index in [-0.39, 0.29) is 0 Å². The molecule has 0 spiro atoms. The maximum absolute atomic E-state index is 5.81. The van der Waals surface area contributed by atoms with Gasteiger partial charge in [0.15, 0.2) is 0 Å². The second-order valence-electron chi connectivity index (χ2n) is 5.04. The zero-order valence-electron chi connectivity index (χ0n) is 9.05. The Kier molecular flexibility index (Phi) is 4.12. The first-order chi connectivity index (χ1) is 6.88. The molecule has 1 unspecified atom stereocenters. The predicted octanol–water partition coefficient (Wildman–Crippen LogP) is 3.13. The van der Waals surface area contributed by atoms with E-state index < -0.39 is 0 Å². The fraction of sp³-hybridized carbons (Fsp3) is 1.00. The molecule has 1 heterocycles. The first-order valence-electron chi connectivity index (χ1n) is 6.17. The Bertz CT molecular complexity index is 166. The van der Waals surface area contributed by atoms with Crippen molar-refractivity contribution in [3.63, 3.8) is 0 Å². The molecule has 2 rings (SSSR count). The van der Waals surface area contributed by atoms with Gasteiger partial charge in [-0.25, -0.2) is 0 Å². The average molecular weight is 216 g/mol. The molecule has 1 aliphatic heterocycles. The highest BCUT2D eigenvalue weighted by molar-refractivity contribution is 6.17. The molecule has 0 aromatic rings. The van der Waals surface area contributed by atoms with Gasteiger partial charge < -0.3 is 4.90 Å². The first kappa shape index (κ1) is 10.8. The van der Waals surface area contributed by atoms with E-state index in [0.29, 0.717) is 0 Å². The van der Waals surface area contributed by atoms with Gasteiger partial charge in [0.05, 0.1) is 0 Å². The normalized spacial score (nSPS) is 30.2. The molecule has 1 saturated heterocycles. The third-order valence-electron chi connectivity index (χ3n) is 3.86. The highest BCUT2D eigenvalue weighted by Gasteiger charge is 2.24. The van der Waals surface area contributed by atoms with Crippen LogP contribution in [0.5, 0.6) is 0 Å². The molecule has 0 amide bonds. The fourth-order valence-corrected chi connectivity index (χ4v) is 3.06. The lowest BCUT2D eigenvalue weighted by molar-refractivity contribution is 0.123. The molecule has 2 aliphatic rings. The lowest BCUT2D eigenvalue weighted by atomic mass is 9.84. The molecular weight excluding hydrogens is 194 g/mol. The molecule has 0 bridgehead atoms. The summed E-state index contributed by atoms with van der Waals surface area (Å²) < 4.78 is 0. The monoisotopic (exact) mass is 215 g/mol. The van der Waals surface area contributed by atoms with Gasteiger partial charge in [0.25, 0.3) is 0 Å². The van der Waals surface area contributed by atoms with Gasteiger partial charge in [-0.1, -0.05) is 6.42 Å². The molecule has 2 fully saturated rings. The third kappa shape index (κ3) is 2.87. The van der Waals surface area contributed by atoms with Crippen LogP contribution in [0.2, 0.25) is 0 Å². The van der Waals surface area contributed by atoms with Gasteiger partial charge in [0.2, 0.25) is 0 Å². The van der Waals surface area contributed by atoms with Crippen molar-refractivity contribution in [2.45, 2.75) is 38.5 Å². The Balaban J connectivity index is 1.69. The zero-order valence-corrected chi connectivity index (χ0v) is 9.81. The second-order valence-corrected chi connectivity index (χ2v) is 5.42. The van der Waals surface area contributed by atoms with Gasteiger partial charge in [-0.3, -0.25) is 0 Å². The Labute approximate surface area is 92.8 Å². The minimum atomic E-state index is 0.849.